The topological polar surface area (TPSA) is 116 Å². The molecular weight excluding hydrogens is 418 g/mol. The summed E-state index contributed by atoms with van der Waals surface area (Å²) in [5.74, 6) is 0.362. The Morgan fingerprint density at radius 1 is 1.44 bits per heavy atom. The molecule has 0 unspecified atom stereocenters. The van der Waals surface area contributed by atoms with Crippen LogP contribution in [0.25, 0.3) is 0 Å². The predicted molar refractivity (Wildman–Crippen MR) is 101 cm³/mol. The Morgan fingerprint density at radius 2 is 2.26 bits per heavy atom. The smallest absolute Gasteiger partial charge is 0.320 e. The minimum absolute atomic E-state index is 0.280. The van der Waals surface area contributed by atoms with Crippen LogP contribution in [0, 0.1) is 17.0 Å². The van der Waals surface area contributed by atoms with E-state index in [2.05, 4.69) is 31.6 Å². The van der Waals surface area contributed by atoms with Crippen LogP contribution in [-0.2, 0) is 6.54 Å². The second-order valence-corrected chi connectivity index (χ2v) is 6.51. The highest BCUT2D eigenvalue weighted by molar-refractivity contribution is 9.10. The number of benzene rings is 1. The highest BCUT2D eigenvalue weighted by Crippen LogP contribution is 2.19. The highest BCUT2D eigenvalue weighted by Gasteiger charge is 2.25. The second kappa shape index (κ2) is 7.96. The number of aryl methyl sites for hydroxylation is 1. The van der Waals surface area contributed by atoms with Crippen LogP contribution >= 0.6 is 15.9 Å². The molecule has 0 spiro atoms. The average molecular weight is 432 g/mol. The Balaban J connectivity index is 1.77. The van der Waals surface area contributed by atoms with E-state index < -0.39 is 16.5 Å². The number of amides is 1. The standard InChI is InChI=1S/C17H14BrN5O4/c1-11-5-6-14(27-11)8-19-20-17(24)16-15(23(25)26)10-22(21-16)9-12-3-2-4-13(18)7-12/h2-8,10H,9H2,1H3,(H,20,24)/b19-8-. The van der Waals surface area contributed by atoms with E-state index in [0.717, 1.165) is 10.0 Å². The summed E-state index contributed by atoms with van der Waals surface area (Å²) < 4.78 is 7.50. The van der Waals surface area contributed by atoms with Gasteiger partial charge in [0.05, 0.1) is 17.7 Å². The van der Waals surface area contributed by atoms with Crippen LogP contribution in [0.3, 0.4) is 0 Å². The molecule has 0 bridgehead atoms. The van der Waals surface area contributed by atoms with Crippen LogP contribution in [-0.4, -0.2) is 26.8 Å². The molecule has 0 aliphatic carbocycles. The van der Waals surface area contributed by atoms with Gasteiger partial charge in [0, 0.05) is 4.47 Å². The lowest BCUT2D eigenvalue weighted by Gasteiger charge is -2.01. The third-order valence-corrected chi connectivity index (χ3v) is 4.00. The van der Waals surface area contributed by atoms with Crippen molar-refractivity contribution in [3.05, 3.63) is 80.0 Å². The van der Waals surface area contributed by atoms with Gasteiger partial charge < -0.3 is 4.42 Å². The maximum Gasteiger partial charge on any atom is 0.320 e. The minimum atomic E-state index is -0.783. The highest BCUT2D eigenvalue weighted by atomic mass is 79.9. The maximum absolute atomic E-state index is 12.2. The number of carbonyl (C=O) groups excluding carboxylic acids is 1. The van der Waals surface area contributed by atoms with Crippen LogP contribution in [0.4, 0.5) is 5.69 Å². The maximum atomic E-state index is 12.2. The Hall–Kier alpha value is -3.27. The molecule has 0 saturated carbocycles. The van der Waals surface area contributed by atoms with Crippen molar-refractivity contribution in [1.29, 1.82) is 0 Å². The van der Waals surface area contributed by atoms with Crippen LogP contribution in [0.1, 0.15) is 27.6 Å². The molecule has 0 saturated heterocycles. The number of halogens is 1. The molecule has 1 N–H and O–H groups in total. The zero-order valence-corrected chi connectivity index (χ0v) is 15.7. The average Bonchev–Trinajstić information content (AvgIpc) is 3.21. The Morgan fingerprint density at radius 3 is 2.93 bits per heavy atom. The fraction of sp³-hybridized carbons (Fsp3) is 0.118. The van der Waals surface area contributed by atoms with Gasteiger partial charge in [-0.15, -0.1) is 0 Å². The van der Waals surface area contributed by atoms with Gasteiger partial charge in [-0.05, 0) is 36.8 Å². The van der Waals surface area contributed by atoms with E-state index in [1.807, 2.05) is 24.3 Å². The number of aromatic nitrogens is 2. The fourth-order valence-corrected chi connectivity index (χ4v) is 2.79. The van der Waals surface area contributed by atoms with Crippen molar-refractivity contribution in [3.63, 3.8) is 0 Å². The zero-order valence-electron chi connectivity index (χ0n) is 14.1. The van der Waals surface area contributed by atoms with Crippen molar-refractivity contribution in [2.24, 2.45) is 5.10 Å². The number of hydrogen-bond donors (Lipinski definition) is 1. The van der Waals surface area contributed by atoms with Crippen LogP contribution < -0.4 is 5.43 Å². The normalized spacial score (nSPS) is 11.0. The van der Waals surface area contributed by atoms with E-state index in [1.165, 1.54) is 17.1 Å². The molecule has 27 heavy (non-hydrogen) atoms. The van der Waals surface area contributed by atoms with Gasteiger partial charge in [-0.25, -0.2) is 5.43 Å². The fourth-order valence-electron chi connectivity index (χ4n) is 2.34. The first-order valence-electron chi connectivity index (χ1n) is 7.78. The summed E-state index contributed by atoms with van der Waals surface area (Å²) in [6.07, 6.45) is 2.52. The minimum Gasteiger partial charge on any atom is -0.460 e. The lowest BCUT2D eigenvalue weighted by atomic mass is 10.2. The monoisotopic (exact) mass is 431 g/mol. The summed E-state index contributed by atoms with van der Waals surface area (Å²) in [5, 5.41) is 19.0. The molecule has 1 aromatic carbocycles. The number of hydrazone groups is 1. The van der Waals surface area contributed by atoms with Crippen molar-refractivity contribution in [1.82, 2.24) is 15.2 Å². The quantitative estimate of drug-likeness (QED) is 0.365. The van der Waals surface area contributed by atoms with Crippen LogP contribution in [0.15, 0.2) is 56.6 Å². The Kier molecular flexibility index (Phi) is 5.46. The van der Waals surface area contributed by atoms with Gasteiger partial charge in [0.15, 0.2) is 0 Å². The summed E-state index contributed by atoms with van der Waals surface area (Å²) in [4.78, 5) is 22.8. The summed E-state index contributed by atoms with van der Waals surface area (Å²) in [6, 6.07) is 10.9. The molecule has 0 aliphatic heterocycles. The van der Waals surface area contributed by atoms with Gasteiger partial charge in [-0.1, -0.05) is 28.1 Å². The number of carbonyl (C=O) groups is 1. The molecule has 0 fully saturated rings. The summed E-state index contributed by atoms with van der Waals surface area (Å²) in [6.45, 7) is 2.06. The Labute approximate surface area is 162 Å². The zero-order chi connectivity index (χ0) is 19.4. The van der Waals surface area contributed by atoms with E-state index in [0.29, 0.717) is 11.5 Å². The second-order valence-electron chi connectivity index (χ2n) is 5.60. The van der Waals surface area contributed by atoms with E-state index in [4.69, 9.17) is 4.42 Å². The van der Waals surface area contributed by atoms with Gasteiger partial charge in [-0.3, -0.25) is 19.6 Å². The van der Waals surface area contributed by atoms with Crippen molar-refractivity contribution >= 4 is 33.7 Å². The summed E-state index contributed by atoms with van der Waals surface area (Å²) in [5.41, 5.74) is 2.38. The number of nitrogens with zero attached hydrogens (tertiary/aromatic N) is 4. The molecule has 3 rings (SSSR count). The van der Waals surface area contributed by atoms with Gasteiger partial charge in [0.25, 0.3) is 5.91 Å². The van der Waals surface area contributed by atoms with E-state index in [9.17, 15) is 14.9 Å². The van der Waals surface area contributed by atoms with Crippen molar-refractivity contribution in [3.8, 4) is 0 Å². The lowest BCUT2D eigenvalue weighted by Crippen LogP contribution is -2.19. The predicted octanol–water partition coefficient (Wildman–Crippen LogP) is 3.27. The van der Waals surface area contributed by atoms with Gasteiger partial charge in [-0.2, -0.15) is 10.2 Å². The van der Waals surface area contributed by atoms with Gasteiger partial charge >= 0.3 is 5.69 Å². The van der Waals surface area contributed by atoms with Crippen molar-refractivity contribution in [2.45, 2.75) is 13.5 Å². The van der Waals surface area contributed by atoms with Gasteiger partial charge in [0.1, 0.15) is 17.7 Å². The molecule has 9 nitrogen and oxygen atoms in total. The number of hydrogen-bond acceptors (Lipinski definition) is 6. The largest absolute Gasteiger partial charge is 0.460 e. The van der Waals surface area contributed by atoms with E-state index >= 15 is 0 Å². The molecule has 3 aromatic rings. The Bertz CT molecular complexity index is 1020. The molecule has 10 heteroatoms. The van der Waals surface area contributed by atoms with Crippen LogP contribution in [0.5, 0.6) is 0 Å². The van der Waals surface area contributed by atoms with Crippen molar-refractivity contribution < 1.29 is 14.1 Å². The molecule has 0 atom stereocenters. The third kappa shape index (κ3) is 4.67. The number of nitrogens with one attached hydrogen (secondary N) is 1. The summed E-state index contributed by atoms with van der Waals surface area (Å²) in [7, 11) is 0. The lowest BCUT2D eigenvalue weighted by molar-refractivity contribution is -0.385. The van der Waals surface area contributed by atoms with E-state index in [-0.39, 0.29) is 12.2 Å². The SMILES string of the molecule is Cc1ccc(/C=N\NC(=O)c2nn(Cc3cccc(Br)c3)cc2[N+](=O)[O-])o1. The first-order valence-corrected chi connectivity index (χ1v) is 8.58. The van der Waals surface area contributed by atoms with Crippen molar-refractivity contribution in [2.75, 3.05) is 0 Å². The first-order chi connectivity index (χ1) is 12.9. The van der Waals surface area contributed by atoms with E-state index in [1.54, 1.807) is 19.1 Å². The number of furan rings is 1. The molecule has 2 heterocycles. The summed E-state index contributed by atoms with van der Waals surface area (Å²) >= 11 is 3.37. The molecule has 2 aromatic heterocycles. The molecule has 0 aliphatic rings. The molecule has 0 radical (unpaired) electrons. The number of nitro groups is 1. The van der Waals surface area contributed by atoms with Crippen LogP contribution in [0.2, 0.25) is 0 Å². The first kappa shape index (κ1) is 18.5. The molecule has 138 valence electrons. The van der Waals surface area contributed by atoms with Gasteiger partial charge in [0.2, 0.25) is 5.69 Å². The third-order valence-electron chi connectivity index (χ3n) is 3.51. The number of rotatable bonds is 6. The molecule has 1 amide bonds. The molecular formula is C17H14BrN5O4.